The predicted molar refractivity (Wildman–Crippen MR) is 104 cm³/mol. The van der Waals surface area contributed by atoms with E-state index in [9.17, 15) is 25.2 Å². The molecule has 4 N–H and O–H groups in total. The van der Waals surface area contributed by atoms with Gasteiger partial charge in [0.2, 0.25) is 11.2 Å². The van der Waals surface area contributed by atoms with E-state index in [1.54, 1.807) is 26.0 Å². The van der Waals surface area contributed by atoms with Crippen LogP contribution >= 0.6 is 0 Å². The number of fused-ring (bicyclic) bond motifs is 1. The summed E-state index contributed by atoms with van der Waals surface area (Å²) >= 11 is 0. The number of hydrogen-bond acceptors (Lipinski definition) is 7. The maximum Gasteiger partial charge on any atom is 0.239 e. The lowest BCUT2D eigenvalue weighted by molar-refractivity contribution is 0.0711. The van der Waals surface area contributed by atoms with E-state index in [-0.39, 0.29) is 52.4 Å². The lowest BCUT2D eigenvalue weighted by Gasteiger charge is -2.18. The first-order valence-corrected chi connectivity index (χ1v) is 8.72. The Balaban J connectivity index is 2.24. The minimum Gasteiger partial charge on any atom is -0.508 e. The number of rotatable bonds is 5. The molecule has 7 nitrogen and oxygen atoms in total. The topological polar surface area (TPSA) is 120 Å². The summed E-state index contributed by atoms with van der Waals surface area (Å²) in [6.45, 7) is 3.23. The van der Waals surface area contributed by atoms with Gasteiger partial charge in [-0.15, -0.1) is 0 Å². The Kier molecular flexibility index (Phi) is 4.95. The number of benzene rings is 2. The molecule has 2 aromatic carbocycles. The van der Waals surface area contributed by atoms with Crippen molar-refractivity contribution in [2.45, 2.75) is 32.3 Å². The number of phenolic OH excluding ortho intramolecular Hbond substituents is 3. The smallest absolute Gasteiger partial charge is 0.239 e. The Morgan fingerprint density at radius 2 is 1.75 bits per heavy atom. The molecule has 3 aromatic rings. The van der Waals surface area contributed by atoms with Crippen molar-refractivity contribution in [2.75, 3.05) is 7.11 Å². The SMILES string of the molecule is COc1c(-c2ccc(O)cc2)oc2cc(O)c(CCC(C)(C)O)c(O)c2c1=O. The predicted octanol–water partition coefficient (Wildman–Crippen LogP) is 3.29. The van der Waals surface area contributed by atoms with Gasteiger partial charge in [-0.2, -0.15) is 0 Å². The van der Waals surface area contributed by atoms with E-state index in [0.29, 0.717) is 5.56 Å². The Morgan fingerprint density at radius 1 is 1.11 bits per heavy atom. The van der Waals surface area contributed by atoms with E-state index in [1.165, 1.54) is 25.3 Å². The van der Waals surface area contributed by atoms with Crippen molar-refractivity contribution in [1.29, 1.82) is 0 Å². The summed E-state index contributed by atoms with van der Waals surface area (Å²) in [7, 11) is 1.31. The highest BCUT2D eigenvalue weighted by molar-refractivity contribution is 5.90. The number of ether oxygens (including phenoxy) is 1. The maximum absolute atomic E-state index is 13.0. The van der Waals surface area contributed by atoms with Crippen LogP contribution in [0.25, 0.3) is 22.3 Å². The first-order chi connectivity index (χ1) is 13.1. The Hall–Kier alpha value is -3.19. The van der Waals surface area contributed by atoms with Gasteiger partial charge in [-0.1, -0.05) is 0 Å². The zero-order valence-electron chi connectivity index (χ0n) is 15.8. The molecule has 28 heavy (non-hydrogen) atoms. The quantitative estimate of drug-likeness (QED) is 0.531. The number of aromatic hydroxyl groups is 3. The van der Waals surface area contributed by atoms with Gasteiger partial charge in [-0.25, -0.2) is 0 Å². The summed E-state index contributed by atoms with van der Waals surface area (Å²) in [4.78, 5) is 13.0. The number of phenols is 3. The van der Waals surface area contributed by atoms with Gasteiger partial charge in [0.25, 0.3) is 0 Å². The number of hydrogen-bond donors (Lipinski definition) is 4. The maximum atomic E-state index is 13.0. The van der Waals surface area contributed by atoms with Gasteiger partial charge in [0, 0.05) is 17.2 Å². The van der Waals surface area contributed by atoms with Crippen molar-refractivity contribution >= 4 is 11.0 Å². The molecule has 0 fully saturated rings. The van der Waals surface area contributed by atoms with Gasteiger partial charge < -0.3 is 29.6 Å². The van der Waals surface area contributed by atoms with Crippen LogP contribution in [0.5, 0.6) is 23.0 Å². The molecule has 3 rings (SSSR count). The first-order valence-electron chi connectivity index (χ1n) is 8.72. The average Bonchev–Trinajstić information content (AvgIpc) is 2.60. The molecule has 0 aliphatic rings. The molecule has 0 bridgehead atoms. The van der Waals surface area contributed by atoms with Gasteiger partial charge >= 0.3 is 0 Å². The lowest BCUT2D eigenvalue weighted by Crippen LogP contribution is -2.19. The van der Waals surface area contributed by atoms with Gasteiger partial charge in [0.15, 0.2) is 5.76 Å². The van der Waals surface area contributed by atoms with Crippen molar-refractivity contribution in [3.05, 3.63) is 46.1 Å². The summed E-state index contributed by atoms with van der Waals surface area (Å²) < 4.78 is 11.0. The molecule has 0 aliphatic heterocycles. The van der Waals surface area contributed by atoms with Crippen LogP contribution in [0.4, 0.5) is 0 Å². The Morgan fingerprint density at radius 3 is 2.32 bits per heavy atom. The highest BCUT2D eigenvalue weighted by Crippen LogP contribution is 2.39. The van der Waals surface area contributed by atoms with Crippen molar-refractivity contribution in [1.82, 2.24) is 0 Å². The lowest BCUT2D eigenvalue weighted by atomic mass is 9.96. The fraction of sp³-hybridized carbons (Fsp3) is 0.286. The summed E-state index contributed by atoms with van der Waals surface area (Å²) in [5.74, 6) is -0.573. The number of aliphatic hydroxyl groups is 1. The van der Waals surface area contributed by atoms with Crippen LogP contribution in [0.3, 0.4) is 0 Å². The molecule has 0 spiro atoms. The highest BCUT2D eigenvalue weighted by Gasteiger charge is 2.24. The molecule has 7 heteroatoms. The minimum absolute atomic E-state index is 0.00381. The highest BCUT2D eigenvalue weighted by atomic mass is 16.5. The third-order valence-corrected chi connectivity index (χ3v) is 4.52. The van der Waals surface area contributed by atoms with Crippen LogP contribution < -0.4 is 10.2 Å². The fourth-order valence-corrected chi connectivity index (χ4v) is 3.01. The monoisotopic (exact) mass is 386 g/mol. The second-order valence-electron chi connectivity index (χ2n) is 7.25. The Bertz CT molecular complexity index is 1070. The summed E-state index contributed by atoms with van der Waals surface area (Å²) in [6.07, 6.45) is 0.437. The molecule has 0 saturated heterocycles. The molecule has 1 aromatic heterocycles. The molecule has 0 radical (unpaired) electrons. The van der Waals surface area contributed by atoms with E-state index >= 15 is 0 Å². The van der Waals surface area contributed by atoms with Crippen LogP contribution in [-0.2, 0) is 6.42 Å². The molecule has 0 saturated carbocycles. The third kappa shape index (κ3) is 3.61. The van der Waals surface area contributed by atoms with Crippen LogP contribution in [0.1, 0.15) is 25.8 Å². The standard InChI is InChI=1S/C21H22O7/c1-21(2,26)9-8-13-14(23)10-15-16(17(13)24)18(25)20(27-3)19(28-15)11-4-6-12(22)7-5-11/h4-7,10,22-24,26H,8-9H2,1-3H3. The average molecular weight is 386 g/mol. The summed E-state index contributed by atoms with van der Waals surface area (Å²) in [5, 5.41) is 40.2. The zero-order chi connectivity index (χ0) is 20.6. The molecule has 0 unspecified atom stereocenters. The van der Waals surface area contributed by atoms with E-state index in [1.807, 2.05) is 0 Å². The first kappa shape index (κ1) is 19.6. The van der Waals surface area contributed by atoms with Crippen LogP contribution in [-0.4, -0.2) is 33.1 Å². The van der Waals surface area contributed by atoms with E-state index in [0.717, 1.165) is 0 Å². The summed E-state index contributed by atoms with van der Waals surface area (Å²) in [5.41, 5.74) is -0.955. The molecular weight excluding hydrogens is 364 g/mol. The van der Waals surface area contributed by atoms with Gasteiger partial charge in [0.1, 0.15) is 28.2 Å². The minimum atomic E-state index is -1.00. The van der Waals surface area contributed by atoms with Crippen LogP contribution in [0, 0.1) is 0 Å². The van der Waals surface area contributed by atoms with E-state index in [4.69, 9.17) is 9.15 Å². The molecule has 148 valence electrons. The Labute approximate surface area is 161 Å². The van der Waals surface area contributed by atoms with Crippen molar-refractivity contribution in [3.8, 4) is 34.3 Å². The molecule has 0 aliphatic carbocycles. The normalized spacial score (nSPS) is 11.7. The van der Waals surface area contributed by atoms with Crippen molar-refractivity contribution in [3.63, 3.8) is 0 Å². The fourth-order valence-electron chi connectivity index (χ4n) is 3.01. The number of methoxy groups -OCH3 is 1. The van der Waals surface area contributed by atoms with Crippen molar-refractivity contribution < 1.29 is 29.6 Å². The third-order valence-electron chi connectivity index (χ3n) is 4.52. The van der Waals surface area contributed by atoms with E-state index in [2.05, 4.69) is 0 Å². The zero-order valence-corrected chi connectivity index (χ0v) is 15.8. The van der Waals surface area contributed by atoms with Gasteiger partial charge in [-0.05, 0) is 51.0 Å². The largest absolute Gasteiger partial charge is 0.508 e. The van der Waals surface area contributed by atoms with Crippen LogP contribution in [0.15, 0.2) is 39.5 Å². The van der Waals surface area contributed by atoms with Gasteiger partial charge in [0.05, 0.1) is 12.7 Å². The second-order valence-corrected chi connectivity index (χ2v) is 7.25. The molecular formula is C21H22O7. The van der Waals surface area contributed by atoms with Crippen LogP contribution in [0.2, 0.25) is 0 Å². The molecule has 0 amide bonds. The second kappa shape index (κ2) is 7.09. The summed E-state index contributed by atoms with van der Waals surface area (Å²) in [6, 6.07) is 7.25. The molecule has 0 atom stereocenters. The van der Waals surface area contributed by atoms with Crippen molar-refractivity contribution in [2.24, 2.45) is 0 Å². The van der Waals surface area contributed by atoms with E-state index < -0.39 is 16.8 Å². The molecule has 1 heterocycles. The van der Waals surface area contributed by atoms with Gasteiger partial charge in [-0.3, -0.25) is 4.79 Å².